The highest BCUT2D eigenvalue weighted by Crippen LogP contribution is 2.22. The first-order valence-electron chi connectivity index (χ1n) is 6.96. The minimum absolute atomic E-state index is 0.0178. The summed E-state index contributed by atoms with van der Waals surface area (Å²) in [5.74, 6) is 1.03. The van der Waals surface area contributed by atoms with Crippen molar-refractivity contribution in [2.45, 2.75) is 39.7 Å². The van der Waals surface area contributed by atoms with Crippen molar-refractivity contribution in [3.05, 3.63) is 35.4 Å². The Morgan fingerprint density at radius 2 is 2.06 bits per heavy atom. The lowest BCUT2D eigenvalue weighted by Gasteiger charge is -2.23. The summed E-state index contributed by atoms with van der Waals surface area (Å²) in [6.07, 6.45) is 2.46. The molecule has 0 saturated carbocycles. The highest BCUT2D eigenvalue weighted by Gasteiger charge is 2.28. The maximum absolute atomic E-state index is 12.4. The van der Waals surface area contributed by atoms with Crippen LogP contribution in [0, 0.1) is 12.8 Å². The zero-order valence-corrected chi connectivity index (χ0v) is 11.6. The molecule has 1 aromatic rings. The van der Waals surface area contributed by atoms with E-state index >= 15 is 0 Å². The summed E-state index contributed by atoms with van der Waals surface area (Å²) in [6, 6.07) is 7.94. The van der Waals surface area contributed by atoms with Crippen LogP contribution in [0.2, 0.25) is 0 Å². The van der Waals surface area contributed by atoms with Gasteiger partial charge in [-0.3, -0.25) is 9.69 Å². The SMILES string of the molecule is CCC1CCN(C(C)C(=O)c2ccc(C)cc2)C1. The van der Waals surface area contributed by atoms with Crippen molar-refractivity contribution in [2.24, 2.45) is 5.92 Å². The molecule has 0 aromatic heterocycles. The number of carbonyl (C=O) groups is 1. The van der Waals surface area contributed by atoms with Crippen molar-refractivity contribution in [1.82, 2.24) is 4.90 Å². The zero-order valence-electron chi connectivity index (χ0n) is 11.6. The largest absolute Gasteiger partial charge is 0.293 e. The molecule has 1 aromatic carbocycles. The van der Waals surface area contributed by atoms with Crippen molar-refractivity contribution >= 4 is 5.78 Å². The lowest BCUT2D eigenvalue weighted by atomic mass is 10.0. The summed E-state index contributed by atoms with van der Waals surface area (Å²) >= 11 is 0. The Balaban J connectivity index is 2.03. The predicted octanol–water partition coefficient (Wildman–Crippen LogP) is 3.30. The first-order chi connectivity index (χ1) is 8.61. The number of benzene rings is 1. The Bertz CT molecular complexity index is 410. The summed E-state index contributed by atoms with van der Waals surface area (Å²) < 4.78 is 0. The second kappa shape index (κ2) is 5.66. The minimum atomic E-state index is 0.0178. The molecule has 0 bridgehead atoms. The fourth-order valence-electron chi connectivity index (χ4n) is 2.67. The number of likely N-dealkylation sites (tertiary alicyclic amines) is 1. The molecule has 98 valence electrons. The van der Waals surface area contributed by atoms with Gasteiger partial charge in [-0.25, -0.2) is 0 Å². The molecule has 0 N–H and O–H groups in total. The highest BCUT2D eigenvalue weighted by molar-refractivity contribution is 5.99. The van der Waals surface area contributed by atoms with E-state index in [1.54, 1.807) is 0 Å². The monoisotopic (exact) mass is 245 g/mol. The average molecular weight is 245 g/mol. The van der Waals surface area contributed by atoms with Gasteiger partial charge in [0.2, 0.25) is 0 Å². The van der Waals surface area contributed by atoms with Gasteiger partial charge in [0.15, 0.2) is 5.78 Å². The summed E-state index contributed by atoms with van der Waals surface area (Å²) in [7, 11) is 0. The third kappa shape index (κ3) is 2.81. The Kier molecular flexibility index (Phi) is 4.18. The van der Waals surface area contributed by atoms with E-state index in [1.165, 1.54) is 18.4 Å². The lowest BCUT2D eigenvalue weighted by molar-refractivity contribution is 0.0862. The molecule has 1 aliphatic heterocycles. The van der Waals surface area contributed by atoms with E-state index in [9.17, 15) is 4.79 Å². The van der Waals surface area contributed by atoms with Crippen LogP contribution in [-0.4, -0.2) is 29.8 Å². The van der Waals surface area contributed by atoms with Crippen LogP contribution in [0.3, 0.4) is 0 Å². The molecule has 1 heterocycles. The van der Waals surface area contributed by atoms with Crippen LogP contribution in [-0.2, 0) is 0 Å². The van der Waals surface area contributed by atoms with Gasteiger partial charge in [0, 0.05) is 12.1 Å². The maximum atomic E-state index is 12.4. The minimum Gasteiger partial charge on any atom is -0.293 e. The molecular weight excluding hydrogens is 222 g/mol. The van der Waals surface area contributed by atoms with Crippen molar-refractivity contribution in [3.8, 4) is 0 Å². The molecule has 0 spiro atoms. The molecule has 2 atom stereocenters. The Morgan fingerprint density at radius 1 is 1.39 bits per heavy atom. The fraction of sp³-hybridized carbons (Fsp3) is 0.562. The van der Waals surface area contributed by atoms with Gasteiger partial charge in [-0.15, -0.1) is 0 Å². The molecule has 18 heavy (non-hydrogen) atoms. The van der Waals surface area contributed by atoms with Crippen LogP contribution in [0.1, 0.15) is 42.6 Å². The molecule has 1 saturated heterocycles. The molecule has 0 amide bonds. The standard InChI is InChI=1S/C16H23NO/c1-4-14-9-10-17(11-14)13(3)16(18)15-7-5-12(2)6-8-15/h5-8,13-14H,4,9-11H2,1-3H3. The van der Waals surface area contributed by atoms with Crippen LogP contribution in [0.5, 0.6) is 0 Å². The molecule has 2 nitrogen and oxygen atoms in total. The summed E-state index contributed by atoms with van der Waals surface area (Å²) in [4.78, 5) is 14.7. The highest BCUT2D eigenvalue weighted by atomic mass is 16.1. The Labute approximate surface area is 110 Å². The maximum Gasteiger partial charge on any atom is 0.179 e. The van der Waals surface area contributed by atoms with Gasteiger partial charge < -0.3 is 0 Å². The number of ketones is 1. The van der Waals surface area contributed by atoms with Crippen molar-refractivity contribution in [1.29, 1.82) is 0 Å². The second-order valence-electron chi connectivity index (χ2n) is 5.46. The van der Waals surface area contributed by atoms with Crippen LogP contribution >= 0.6 is 0 Å². The molecular formula is C16H23NO. The number of hydrogen-bond donors (Lipinski definition) is 0. The number of Topliss-reactive ketones (excluding diaryl/α,β-unsaturated/α-hetero) is 1. The second-order valence-corrected chi connectivity index (χ2v) is 5.46. The molecule has 2 heteroatoms. The normalized spacial score (nSPS) is 22.1. The van der Waals surface area contributed by atoms with E-state index in [1.807, 2.05) is 38.1 Å². The van der Waals surface area contributed by atoms with Gasteiger partial charge in [-0.05, 0) is 32.7 Å². The van der Waals surface area contributed by atoms with Crippen LogP contribution in [0.4, 0.5) is 0 Å². The third-order valence-corrected chi connectivity index (χ3v) is 4.16. The lowest BCUT2D eigenvalue weighted by Crippen LogP contribution is -2.37. The van der Waals surface area contributed by atoms with Crippen LogP contribution in [0.15, 0.2) is 24.3 Å². The molecule has 1 fully saturated rings. The van der Waals surface area contributed by atoms with Crippen molar-refractivity contribution in [3.63, 3.8) is 0 Å². The van der Waals surface area contributed by atoms with Crippen molar-refractivity contribution < 1.29 is 4.79 Å². The Hall–Kier alpha value is -1.15. The van der Waals surface area contributed by atoms with Gasteiger partial charge >= 0.3 is 0 Å². The van der Waals surface area contributed by atoms with Crippen molar-refractivity contribution in [2.75, 3.05) is 13.1 Å². The first-order valence-corrected chi connectivity index (χ1v) is 6.96. The predicted molar refractivity (Wildman–Crippen MR) is 74.9 cm³/mol. The quantitative estimate of drug-likeness (QED) is 0.759. The topological polar surface area (TPSA) is 20.3 Å². The number of nitrogens with zero attached hydrogens (tertiary/aromatic N) is 1. The third-order valence-electron chi connectivity index (χ3n) is 4.16. The Morgan fingerprint density at radius 3 is 2.61 bits per heavy atom. The van der Waals surface area contributed by atoms with E-state index < -0.39 is 0 Å². The smallest absolute Gasteiger partial charge is 0.179 e. The molecule has 2 rings (SSSR count). The van der Waals surface area contributed by atoms with Gasteiger partial charge in [0.05, 0.1) is 6.04 Å². The molecule has 0 radical (unpaired) electrons. The molecule has 2 unspecified atom stereocenters. The van der Waals surface area contributed by atoms with Gasteiger partial charge in [0.1, 0.15) is 0 Å². The zero-order chi connectivity index (χ0) is 13.1. The van der Waals surface area contributed by atoms with Crippen LogP contribution < -0.4 is 0 Å². The first kappa shape index (κ1) is 13.3. The average Bonchev–Trinajstić information content (AvgIpc) is 2.86. The van der Waals surface area contributed by atoms with E-state index in [4.69, 9.17) is 0 Å². The van der Waals surface area contributed by atoms with Gasteiger partial charge in [-0.2, -0.15) is 0 Å². The summed E-state index contributed by atoms with van der Waals surface area (Å²) in [5.41, 5.74) is 2.04. The van der Waals surface area contributed by atoms with Gasteiger partial charge in [-0.1, -0.05) is 43.2 Å². The number of hydrogen-bond acceptors (Lipinski definition) is 2. The fourth-order valence-corrected chi connectivity index (χ4v) is 2.67. The number of rotatable bonds is 4. The van der Waals surface area contributed by atoms with E-state index in [2.05, 4.69) is 11.8 Å². The molecule has 0 aliphatic carbocycles. The van der Waals surface area contributed by atoms with E-state index in [0.29, 0.717) is 0 Å². The molecule has 1 aliphatic rings. The number of aryl methyl sites for hydroxylation is 1. The summed E-state index contributed by atoms with van der Waals surface area (Å²) in [5, 5.41) is 0. The number of carbonyl (C=O) groups excluding carboxylic acids is 1. The van der Waals surface area contributed by atoms with Gasteiger partial charge in [0.25, 0.3) is 0 Å². The summed E-state index contributed by atoms with van der Waals surface area (Å²) in [6.45, 7) is 8.47. The van der Waals surface area contributed by atoms with Crippen LogP contribution in [0.25, 0.3) is 0 Å². The van der Waals surface area contributed by atoms with E-state index in [-0.39, 0.29) is 11.8 Å². The van der Waals surface area contributed by atoms with E-state index in [0.717, 1.165) is 24.6 Å².